The summed E-state index contributed by atoms with van der Waals surface area (Å²) in [6.07, 6.45) is -3.45. The van der Waals surface area contributed by atoms with E-state index in [-0.39, 0.29) is 43.3 Å². The van der Waals surface area contributed by atoms with E-state index in [0.29, 0.717) is 18.5 Å². The minimum atomic E-state index is -4.50. The van der Waals surface area contributed by atoms with Crippen LogP contribution in [0.1, 0.15) is 65.7 Å². The van der Waals surface area contributed by atoms with Crippen LogP contribution in [-0.4, -0.2) is 28.2 Å². The summed E-state index contributed by atoms with van der Waals surface area (Å²) in [4.78, 5) is 23.1. The number of halogens is 5. The monoisotopic (exact) mass is 565 g/mol. The average Bonchev–Trinajstić information content (AvgIpc) is 3.27. The Morgan fingerprint density at radius 2 is 1.90 bits per heavy atom. The summed E-state index contributed by atoms with van der Waals surface area (Å²) in [5.41, 5.74) is 1.47. The Balaban J connectivity index is 1.59. The summed E-state index contributed by atoms with van der Waals surface area (Å²) in [6, 6.07) is 9.92. The lowest BCUT2D eigenvalue weighted by molar-refractivity contribution is -0.137. The summed E-state index contributed by atoms with van der Waals surface area (Å²) >= 11 is 1.45. The zero-order chi connectivity index (χ0) is 28.4. The first kappa shape index (κ1) is 29.1. The summed E-state index contributed by atoms with van der Waals surface area (Å²) in [5.74, 6) is -4.03. The van der Waals surface area contributed by atoms with Crippen molar-refractivity contribution in [3.63, 3.8) is 0 Å². The molecule has 3 atom stereocenters. The number of alkyl halides is 5. The van der Waals surface area contributed by atoms with Crippen molar-refractivity contribution in [3.8, 4) is 10.4 Å². The molecular formula is C29H32F5N3OS. The Labute approximate surface area is 229 Å². The van der Waals surface area contributed by atoms with Crippen LogP contribution in [0.3, 0.4) is 0 Å². The van der Waals surface area contributed by atoms with Gasteiger partial charge in [0.25, 0.3) is 0 Å². The number of rotatable bonds is 6. The Morgan fingerprint density at radius 1 is 1.15 bits per heavy atom. The molecule has 10 heteroatoms. The number of benzene rings is 1. The molecule has 0 aliphatic heterocycles. The number of carbonyl (C=O) groups is 1. The number of nitrogens with zero attached hydrogens (tertiary/aromatic N) is 2. The van der Waals surface area contributed by atoms with Gasteiger partial charge in [0.15, 0.2) is 5.78 Å². The van der Waals surface area contributed by atoms with Gasteiger partial charge in [0.1, 0.15) is 11.5 Å². The number of hydrogen-bond donors (Lipinski definition) is 1. The fourth-order valence-electron chi connectivity index (χ4n) is 5.28. The number of Topliss-reactive ketones (excluding diaryl/α,β-unsaturated/α-hetero) is 1. The van der Waals surface area contributed by atoms with Crippen LogP contribution in [-0.2, 0) is 6.18 Å². The molecule has 1 fully saturated rings. The van der Waals surface area contributed by atoms with Crippen molar-refractivity contribution in [1.29, 1.82) is 0 Å². The quantitative estimate of drug-likeness (QED) is 0.240. The average molecular weight is 566 g/mol. The van der Waals surface area contributed by atoms with Crippen molar-refractivity contribution in [1.82, 2.24) is 9.97 Å². The number of aromatic nitrogens is 2. The van der Waals surface area contributed by atoms with Crippen LogP contribution < -0.4 is 5.32 Å². The Hall–Kier alpha value is -2.88. The number of ketones is 1. The molecule has 1 aromatic carbocycles. The number of nitrogens with one attached hydrogen (secondary N) is 1. The van der Waals surface area contributed by atoms with E-state index in [9.17, 15) is 26.7 Å². The predicted molar refractivity (Wildman–Crippen MR) is 143 cm³/mol. The zero-order valence-electron chi connectivity index (χ0n) is 22.1. The lowest BCUT2D eigenvalue weighted by Gasteiger charge is -2.28. The molecule has 1 saturated carbocycles. The first-order valence-electron chi connectivity index (χ1n) is 13.1. The van der Waals surface area contributed by atoms with Gasteiger partial charge in [0.05, 0.1) is 15.4 Å². The highest BCUT2D eigenvalue weighted by Gasteiger charge is 2.38. The van der Waals surface area contributed by atoms with Crippen molar-refractivity contribution in [2.24, 2.45) is 17.8 Å². The summed E-state index contributed by atoms with van der Waals surface area (Å²) in [7, 11) is 0. The van der Waals surface area contributed by atoms with Gasteiger partial charge in [0, 0.05) is 31.5 Å². The number of aryl methyl sites for hydroxylation is 2. The molecule has 1 aliphatic rings. The topological polar surface area (TPSA) is 54.9 Å². The van der Waals surface area contributed by atoms with E-state index in [2.05, 4.69) is 15.3 Å². The number of hydrogen-bond acceptors (Lipinski definition) is 5. The Kier molecular flexibility index (Phi) is 8.73. The van der Waals surface area contributed by atoms with Crippen molar-refractivity contribution < 1.29 is 26.7 Å². The highest BCUT2D eigenvalue weighted by Crippen LogP contribution is 2.40. The van der Waals surface area contributed by atoms with E-state index in [1.165, 1.54) is 17.4 Å². The third-order valence-corrected chi connectivity index (χ3v) is 8.48. The fourth-order valence-corrected chi connectivity index (χ4v) is 6.30. The Bertz CT molecular complexity index is 1290. The zero-order valence-corrected chi connectivity index (χ0v) is 22.9. The molecule has 2 unspecified atom stereocenters. The van der Waals surface area contributed by atoms with E-state index in [1.54, 1.807) is 6.92 Å². The molecule has 39 heavy (non-hydrogen) atoms. The van der Waals surface area contributed by atoms with E-state index >= 15 is 0 Å². The predicted octanol–water partition coefficient (Wildman–Crippen LogP) is 8.60. The molecule has 0 radical (unpaired) electrons. The van der Waals surface area contributed by atoms with Crippen molar-refractivity contribution in [3.05, 3.63) is 64.4 Å². The number of anilines is 1. The highest BCUT2D eigenvalue weighted by atomic mass is 32.1. The maximum absolute atomic E-state index is 14.7. The van der Waals surface area contributed by atoms with Crippen LogP contribution in [0, 0.1) is 31.6 Å². The van der Waals surface area contributed by atoms with E-state index in [1.807, 2.05) is 38.1 Å². The van der Waals surface area contributed by atoms with Gasteiger partial charge in [-0.2, -0.15) is 13.2 Å². The van der Waals surface area contributed by atoms with Gasteiger partial charge < -0.3 is 5.32 Å². The number of pyridine rings is 1. The normalized spacial score (nSPS) is 22.0. The van der Waals surface area contributed by atoms with Crippen molar-refractivity contribution >= 4 is 22.9 Å². The largest absolute Gasteiger partial charge is 0.417 e. The van der Waals surface area contributed by atoms with Gasteiger partial charge in [-0.3, -0.25) is 4.79 Å². The summed E-state index contributed by atoms with van der Waals surface area (Å²) in [5, 5.41) is 3.77. The molecule has 2 aromatic heterocycles. The van der Waals surface area contributed by atoms with Crippen LogP contribution in [0.25, 0.3) is 10.4 Å². The first-order valence-corrected chi connectivity index (χ1v) is 13.9. The molecule has 210 valence electrons. The SMILES string of the molecule is Cc1nc(C(=O)C2CCCC(F)(F)C[C@@H](C)C(CNc3ccc(C(F)(F)F)cn3)C2)c(-c2ccccc2C)s1. The first-order chi connectivity index (χ1) is 18.3. The lowest BCUT2D eigenvalue weighted by Crippen LogP contribution is -2.29. The van der Waals surface area contributed by atoms with Crippen molar-refractivity contribution in [2.45, 2.75) is 65.0 Å². The maximum Gasteiger partial charge on any atom is 0.417 e. The van der Waals surface area contributed by atoms with E-state index in [4.69, 9.17) is 0 Å². The maximum atomic E-state index is 14.7. The molecule has 1 N–H and O–H groups in total. The van der Waals surface area contributed by atoms with Gasteiger partial charge in [-0.15, -0.1) is 11.3 Å². The van der Waals surface area contributed by atoms with E-state index in [0.717, 1.165) is 33.3 Å². The smallest absolute Gasteiger partial charge is 0.370 e. The van der Waals surface area contributed by atoms with Gasteiger partial charge in [-0.1, -0.05) is 31.2 Å². The van der Waals surface area contributed by atoms with Gasteiger partial charge in [-0.25, -0.2) is 18.7 Å². The molecule has 3 aromatic rings. The Morgan fingerprint density at radius 3 is 2.56 bits per heavy atom. The second kappa shape index (κ2) is 11.7. The molecule has 4 rings (SSSR count). The van der Waals surface area contributed by atoms with E-state index < -0.39 is 29.5 Å². The van der Waals surface area contributed by atoms with Gasteiger partial charge in [-0.05, 0) is 68.2 Å². The third kappa shape index (κ3) is 7.21. The lowest BCUT2D eigenvalue weighted by atomic mass is 9.80. The van der Waals surface area contributed by atoms with Crippen LogP contribution in [0.2, 0.25) is 0 Å². The van der Waals surface area contributed by atoms with Gasteiger partial charge >= 0.3 is 6.18 Å². The molecule has 1 aliphatic carbocycles. The second-order valence-corrected chi connectivity index (χ2v) is 11.7. The molecule has 0 bridgehead atoms. The fraction of sp³-hybridized carbons (Fsp3) is 0.483. The molecule has 0 saturated heterocycles. The number of carbonyl (C=O) groups excluding carboxylic acids is 1. The minimum absolute atomic E-state index is 0.146. The summed E-state index contributed by atoms with van der Waals surface area (Å²) in [6.45, 7) is 5.78. The van der Waals surface area contributed by atoms with Crippen LogP contribution >= 0.6 is 11.3 Å². The molecule has 0 spiro atoms. The summed E-state index contributed by atoms with van der Waals surface area (Å²) < 4.78 is 68.1. The van der Waals surface area contributed by atoms with Gasteiger partial charge in [0.2, 0.25) is 5.92 Å². The minimum Gasteiger partial charge on any atom is -0.370 e. The molecular weight excluding hydrogens is 533 g/mol. The van der Waals surface area contributed by atoms with Crippen molar-refractivity contribution in [2.75, 3.05) is 11.9 Å². The van der Waals surface area contributed by atoms with Crippen LogP contribution in [0.5, 0.6) is 0 Å². The third-order valence-electron chi connectivity index (χ3n) is 7.47. The highest BCUT2D eigenvalue weighted by molar-refractivity contribution is 7.15. The van der Waals surface area contributed by atoms with Crippen LogP contribution in [0.4, 0.5) is 27.8 Å². The standard InChI is InChI=1S/C29H32F5N3OS/c1-17-7-4-5-9-23(17)27-25(37-19(3)39-27)26(38)20-8-6-12-28(30,31)14-18(2)21(13-20)15-35-24-11-10-22(16-36-24)29(32,33)34/h4-5,7,9-11,16,18,20-21H,6,8,12-15H2,1-3H3,(H,35,36)/t18-,20?,21?/m1/s1. The molecule has 2 heterocycles. The molecule has 0 amide bonds. The number of thiazole rings is 1. The van der Waals surface area contributed by atoms with Crippen LogP contribution in [0.15, 0.2) is 42.6 Å². The second-order valence-electron chi connectivity index (χ2n) is 10.5. The molecule has 4 nitrogen and oxygen atoms in total.